The molecule has 0 aliphatic rings. The molecule has 6 heteroatoms. The quantitative estimate of drug-likeness (QED) is 0.0908. The summed E-state index contributed by atoms with van der Waals surface area (Å²) in [7, 11) is 0. The van der Waals surface area contributed by atoms with Crippen molar-refractivity contribution < 1.29 is 0 Å². The number of hydrogen-bond acceptors (Lipinski definition) is 3. The Kier molecular flexibility index (Phi) is 21.0. The highest BCUT2D eigenvalue weighted by Gasteiger charge is 2.22. The molecule has 20 aromatic carbocycles. The maximum atomic E-state index is 2.38. The minimum Gasteiger partial charge on any atom is -0.311 e. The normalized spacial score (nSPS) is 11.3. The van der Waals surface area contributed by atoms with Gasteiger partial charge in [0.05, 0.1) is 33.1 Å². The third kappa shape index (κ3) is 15.0. The van der Waals surface area contributed by atoms with Crippen LogP contribution in [0.5, 0.6) is 0 Å². The van der Waals surface area contributed by atoms with E-state index in [0.29, 0.717) is 0 Å². The summed E-state index contributed by atoms with van der Waals surface area (Å²) in [6, 6.07) is 175. The minimum atomic E-state index is 1.04. The zero-order valence-corrected chi connectivity index (χ0v) is 70.3. The van der Waals surface area contributed by atoms with Gasteiger partial charge >= 0.3 is 0 Å². The van der Waals surface area contributed by atoms with Crippen molar-refractivity contribution in [2.24, 2.45) is 0 Å². The second-order valence-electron chi connectivity index (χ2n) is 32.2. The SMILES string of the molecule is CCc1ccc(N(c2ccc(CC)cc2)c2ccc(-c3ccc(-n4c5ccccc5c5ccccc54)cc3)cc2)cc1.c1cc(N(c2ccc3ccccc3c2)c2ccc3ccccc3c2)cc(-n2c3ccccc3c3ccccc32)c1.c1ccc(-c2ccc(N(c3ccc(-c4ccccc4)cc3)c3cccc(-n4c5ccccc5c5ccccc54)c3)cc2)cc1. The molecule has 0 saturated heterocycles. The Hall–Kier alpha value is -16.3. The maximum absolute atomic E-state index is 2.38. The van der Waals surface area contributed by atoms with Crippen molar-refractivity contribution in [3.05, 3.63) is 496 Å². The molecule has 0 saturated carbocycles. The van der Waals surface area contributed by atoms with Crippen LogP contribution >= 0.6 is 0 Å². The van der Waals surface area contributed by atoms with Gasteiger partial charge in [0.2, 0.25) is 0 Å². The van der Waals surface area contributed by atoms with Crippen LogP contribution in [0.1, 0.15) is 25.0 Å². The van der Waals surface area contributed by atoms with Crippen LogP contribution < -0.4 is 14.7 Å². The summed E-state index contributed by atoms with van der Waals surface area (Å²) < 4.78 is 7.12. The van der Waals surface area contributed by atoms with Crippen molar-refractivity contribution >= 4 is 138 Å². The molecule has 0 atom stereocenters. The van der Waals surface area contributed by atoms with Gasteiger partial charge in [0.1, 0.15) is 0 Å². The van der Waals surface area contributed by atoms with Crippen LogP contribution in [0.2, 0.25) is 0 Å². The van der Waals surface area contributed by atoms with Gasteiger partial charge < -0.3 is 28.4 Å². The topological polar surface area (TPSA) is 24.5 Å². The van der Waals surface area contributed by atoms with Crippen LogP contribution in [-0.2, 0) is 12.8 Å². The van der Waals surface area contributed by atoms with E-state index in [1.807, 2.05) is 0 Å². The first-order valence-corrected chi connectivity index (χ1v) is 43.6. The van der Waals surface area contributed by atoms with E-state index in [1.165, 1.54) is 149 Å². The first kappa shape index (κ1) is 77.1. The Morgan fingerprint density at radius 3 is 0.706 bits per heavy atom. The third-order valence-electron chi connectivity index (χ3n) is 24.7. The van der Waals surface area contributed by atoms with Crippen LogP contribution in [0, 0.1) is 0 Å². The highest BCUT2D eigenvalue weighted by Crippen LogP contribution is 2.45. The summed E-state index contributed by atoms with van der Waals surface area (Å²) in [6.07, 6.45) is 2.07. The molecule has 23 rings (SSSR count). The molecule has 600 valence electrons. The van der Waals surface area contributed by atoms with Gasteiger partial charge in [0.15, 0.2) is 0 Å². The maximum Gasteiger partial charge on any atom is 0.0541 e. The molecular weight excluding hydrogens is 1530 g/mol. The second-order valence-corrected chi connectivity index (χ2v) is 32.2. The van der Waals surface area contributed by atoms with Gasteiger partial charge in [-0.3, -0.25) is 0 Å². The summed E-state index contributed by atoms with van der Waals surface area (Å²) in [4.78, 5) is 7.06. The van der Waals surface area contributed by atoms with Crippen LogP contribution in [-0.4, -0.2) is 13.7 Å². The largest absolute Gasteiger partial charge is 0.311 e. The number of aryl methyl sites for hydroxylation is 2. The van der Waals surface area contributed by atoms with Gasteiger partial charge in [-0.05, 0) is 249 Å². The van der Waals surface area contributed by atoms with Crippen LogP contribution in [0.4, 0.5) is 51.2 Å². The molecule has 3 aromatic heterocycles. The number of benzene rings is 20. The van der Waals surface area contributed by atoms with Crippen molar-refractivity contribution in [1.29, 1.82) is 0 Å². The first-order valence-electron chi connectivity index (χ1n) is 43.6. The molecule has 0 aliphatic heterocycles. The lowest BCUT2D eigenvalue weighted by Crippen LogP contribution is -2.10. The number of nitrogens with zero attached hydrogens (tertiary/aromatic N) is 6. The summed E-state index contributed by atoms with van der Waals surface area (Å²) >= 11 is 0. The fourth-order valence-electron chi connectivity index (χ4n) is 18.4. The molecule has 3 heterocycles. The molecule has 0 N–H and O–H groups in total. The number of aromatic nitrogens is 3. The number of rotatable bonds is 17. The molecule has 0 bridgehead atoms. The second kappa shape index (κ2) is 34.3. The van der Waals surface area contributed by atoms with Gasteiger partial charge in [-0.25, -0.2) is 0 Å². The van der Waals surface area contributed by atoms with Gasteiger partial charge in [0, 0.05) is 101 Å². The van der Waals surface area contributed by atoms with E-state index in [4.69, 9.17) is 0 Å². The van der Waals surface area contributed by atoms with Crippen LogP contribution in [0.15, 0.2) is 485 Å². The van der Waals surface area contributed by atoms with Crippen molar-refractivity contribution in [2.75, 3.05) is 14.7 Å². The van der Waals surface area contributed by atoms with E-state index in [0.717, 1.165) is 64.0 Å². The molecule has 0 spiro atoms. The van der Waals surface area contributed by atoms with E-state index in [-0.39, 0.29) is 0 Å². The number of fused-ring (bicyclic) bond motifs is 11. The summed E-state index contributed by atoms with van der Waals surface area (Å²) in [6.45, 7) is 4.40. The van der Waals surface area contributed by atoms with Crippen LogP contribution in [0.25, 0.3) is 137 Å². The molecule has 0 radical (unpaired) electrons. The number of hydrogen-bond donors (Lipinski definition) is 0. The van der Waals surface area contributed by atoms with E-state index >= 15 is 0 Å². The van der Waals surface area contributed by atoms with Gasteiger partial charge in [-0.2, -0.15) is 0 Å². The molecule has 0 aliphatic carbocycles. The molecule has 126 heavy (non-hydrogen) atoms. The number of para-hydroxylation sites is 6. The monoisotopic (exact) mass is 1610 g/mol. The molecule has 6 nitrogen and oxygen atoms in total. The first-order chi connectivity index (χ1) is 62.4. The molecule has 23 aromatic rings. The van der Waals surface area contributed by atoms with Crippen molar-refractivity contribution in [1.82, 2.24) is 13.7 Å². The molecule has 0 unspecified atom stereocenters. The Bertz CT molecular complexity index is 7450. The van der Waals surface area contributed by atoms with E-state index in [9.17, 15) is 0 Å². The zero-order chi connectivity index (χ0) is 84.2. The molecule has 0 fully saturated rings. The zero-order valence-electron chi connectivity index (χ0n) is 70.3. The minimum absolute atomic E-state index is 1.04. The Balaban J connectivity index is 0.000000115. The highest BCUT2D eigenvalue weighted by molar-refractivity contribution is 6.12. The third-order valence-corrected chi connectivity index (χ3v) is 24.7. The predicted molar refractivity (Wildman–Crippen MR) is 536 cm³/mol. The van der Waals surface area contributed by atoms with Crippen molar-refractivity contribution in [3.8, 4) is 50.4 Å². The Morgan fingerprint density at radius 1 is 0.159 bits per heavy atom. The summed E-state index contributed by atoms with van der Waals surface area (Å²) in [5.74, 6) is 0. The fraction of sp³-hybridized carbons (Fsp3) is 0.0333. The average Bonchev–Trinajstić information content (AvgIpc) is 1.60. The molecule has 0 amide bonds. The van der Waals surface area contributed by atoms with Gasteiger partial charge in [-0.15, -0.1) is 0 Å². The Morgan fingerprint density at radius 2 is 0.389 bits per heavy atom. The van der Waals surface area contributed by atoms with Gasteiger partial charge in [-0.1, -0.05) is 329 Å². The van der Waals surface area contributed by atoms with E-state index in [1.54, 1.807) is 0 Å². The Labute approximate surface area is 735 Å². The summed E-state index contributed by atoms with van der Waals surface area (Å²) in [5.41, 5.74) is 30.9. The van der Waals surface area contributed by atoms with Crippen LogP contribution in [0.3, 0.4) is 0 Å². The summed E-state index contributed by atoms with van der Waals surface area (Å²) in [5, 5.41) is 12.6. The fourth-order valence-corrected chi connectivity index (χ4v) is 18.4. The highest BCUT2D eigenvalue weighted by atomic mass is 15.2. The lowest BCUT2D eigenvalue weighted by atomic mass is 10.0. The smallest absolute Gasteiger partial charge is 0.0541 e. The average molecular weight is 1620 g/mol. The van der Waals surface area contributed by atoms with Crippen molar-refractivity contribution in [2.45, 2.75) is 26.7 Å². The van der Waals surface area contributed by atoms with Gasteiger partial charge in [0.25, 0.3) is 0 Å². The lowest BCUT2D eigenvalue weighted by Gasteiger charge is -2.27. The predicted octanol–water partition coefficient (Wildman–Crippen LogP) is 33.2. The standard InChI is InChI=1S/C42H30N2.C40H34N2.C38H26N2/c1-3-12-31(13-4-1)33-22-26-35(27-23-33)43(36-28-24-34(25-29-36)32-14-5-2-6-15-32)37-16-11-17-38(30-37)44-41-20-9-7-18-39(41)40-19-8-10-21-42(40)44;1-3-29-13-21-33(22-14-29)41(34-23-15-30(4-2)16-24-34)35-25-17-31(18-26-35)32-19-27-36(28-20-32)42-39-11-7-5-9-37(39)38-10-6-8-12-40(38)42;1-3-12-29-24-33(22-20-27(29)10-1)39(34-23-21-28-11-2-4-13-30(28)25-34)31-14-9-15-32(26-31)40-37-18-7-5-16-35(37)36-17-6-8-19-38(36)40/h1-30H;5-28H,3-4H2,1-2H3;1-26H. The molecular formula is C120H90N6. The van der Waals surface area contributed by atoms with E-state index < -0.39 is 0 Å². The van der Waals surface area contributed by atoms with Crippen molar-refractivity contribution in [3.63, 3.8) is 0 Å². The number of anilines is 9. The van der Waals surface area contributed by atoms with E-state index in [2.05, 4.69) is 528 Å². The lowest BCUT2D eigenvalue weighted by molar-refractivity contribution is 1.13.